The minimum absolute atomic E-state index is 0.0765. The first-order valence-electron chi connectivity index (χ1n) is 10.0. The number of aryl methyl sites for hydroxylation is 2. The SMILES string of the molecule is Cc1ccc(S(=O)(=O)NCC(=O)N/N=C/c2ccc(OC(=O)c3ccccc3C)cc2)cc1. The number of hydrazone groups is 1. The van der Waals surface area contributed by atoms with Gasteiger partial charge in [0.05, 0.1) is 23.2 Å². The first-order chi connectivity index (χ1) is 15.7. The van der Waals surface area contributed by atoms with E-state index in [-0.39, 0.29) is 4.90 Å². The Bertz CT molecular complexity index is 1270. The fraction of sp³-hybridized carbons (Fsp3) is 0.125. The highest BCUT2D eigenvalue weighted by molar-refractivity contribution is 7.89. The van der Waals surface area contributed by atoms with E-state index in [4.69, 9.17) is 4.74 Å². The van der Waals surface area contributed by atoms with E-state index < -0.39 is 28.4 Å². The molecule has 0 aromatic heterocycles. The molecule has 0 saturated heterocycles. The Morgan fingerprint density at radius 2 is 1.61 bits per heavy atom. The summed E-state index contributed by atoms with van der Waals surface area (Å²) in [5.41, 5.74) is 5.14. The summed E-state index contributed by atoms with van der Waals surface area (Å²) in [6.45, 7) is 3.22. The maximum Gasteiger partial charge on any atom is 0.343 e. The van der Waals surface area contributed by atoms with E-state index >= 15 is 0 Å². The van der Waals surface area contributed by atoms with Crippen LogP contribution in [0, 0.1) is 13.8 Å². The zero-order chi connectivity index (χ0) is 23.8. The Kier molecular flexibility index (Phi) is 7.70. The summed E-state index contributed by atoms with van der Waals surface area (Å²) >= 11 is 0. The number of carbonyl (C=O) groups is 2. The lowest BCUT2D eigenvalue weighted by Crippen LogP contribution is -2.34. The number of nitrogens with one attached hydrogen (secondary N) is 2. The largest absolute Gasteiger partial charge is 0.423 e. The molecule has 3 rings (SSSR count). The molecular weight excluding hydrogens is 442 g/mol. The molecule has 0 aliphatic rings. The number of benzene rings is 3. The molecule has 0 aliphatic carbocycles. The molecule has 0 heterocycles. The number of hydrogen-bond donors (Lipinski definition) is 2. The van der Waals surface area contributed by atoms with E-state index in [1.807, 2.05) is 26.0 Å². The summed E-state index contributed by atoms with van der Waals surface area (Å²) in [7, 11) is -3.79. The van der Waals surface area contributed by atoms with Crippen LogP contribution >= 0.6 is 0 Å². The third-order valence-electron chi connectivity index (χ3n) is 4.61. The number of carbonyl (C=O) groups excluding carboxylic acids is 2. The van der Waals surface area contributed by atoms with Crippen molar-refractivity contribution >= 4 is 28.1 Å². The zero-order valence-electron chi connectivity index (χ0n) is 18.1. The van der Waals surface area contributed by atoms with Crippen molar-refractivity contribution in [1.82, 2.24) is 10.1 Å². The molecule has 0 aliphatic heterocycles. The lowest BCUT2D eigenvalue weighted by molar-refractivity contribution is -0.119. The molecule has 8 nitrogen and oxygen atoms in total. The number of rotatable bonds is 8. The molecule has 0 fully saturated rings. The average molecular weight is 466 g/mol. The van der Waals surface area contributed by atoms with Crippen LogP contribution in [0.2, 0.25) is 0 Å². The molecule has 0 radical (unpaired) electrons. The Hall–Kier alpha value is -3.82. The average Bonchev–Trinajstić information content (AvgIpc) is 2.79. The highest BCUT2D eigenvalue weighted by atomic mass is 32.2. The number of nitrogens with zero attached hydrogens (tertiary/aromatic N) is 1. The first kappa shape index (κ1) is 23.8. The van der Waals surface area contributed by atoms with Gasteiger partial charge in [-0.15, -0.1) is 0 Å². The van der Waals surface area contributed by atoms with Crippen LogP contribution < -0.4 is 14.9 Å². The second kappa shape index (κ2) is 10.7. The van der Waals surface area contributed by atoms with E-state index in [2.05, 4.69) is 15.2 Å². The molecule has 0 spiro atoms. The summed E-state index contributed by atoms with van der Waals surface area (Å²) in [6, 6.07) is 20.0. The fourth-order valence-electron chi connectivity index (χ4n) is 2.77. The van der Waals surface area contributed by atoms with Gasteiger partial charge in [-0.2, -0.15) is 5.10 Å². The lowest BCUT2D eigenvalue weighted by Gasteiger charge is -2.07. The summed E-state index contributed by atoms with van der Waals surface area (Å²) in [5.74, 6) is -0.699. The van der Waals surface area contributed by atoms with E-state index in [0.29, 0.717) is 16.9 Å². The van der Waals surface area contributed by atoms with Gasteiger partial charge < -0.3 is 4.74 Å². The number of sulfonamides is 1. The van der Waals surface area contributed by atoms with Gasteiger partial charge in [0.25, 0.3) is 5.91 Å². The van der Waals surface area contributed by atoms with E-state index in [1.165, 1.54) is 18.3 Å². The normalized spacial score (nSPS) is 11.3. The Labute approximate surface area is 192 Å². The predicted molar refractivity (Wildman–Crippen MR) is 125 cm³/mol. The van der Waals surface area contributed by atoms with Crippen LogP contribution in [0.4, 0.5) is 0 Å². The molecule has 170 valence electrons. The minimum Gasteiger partial charge on any atom is -0.423 e. The van der Waals surface area contributed by atoms with Crippen LogP contribution in [-0.2, 0) is 14.8 Å². The van der Waals surface area contributed by atoms with Gasteiger partial charge >= 0.3 is 5.97 Å². The van der Waals surface area contributed by atoms with Crippen LogP contribution in [0.5, 0.6) is 5.75 Å². The lowest BCUT2D eigenvalue weighted by atomic mass is 10.1. The minimum atomic E-state index is -3.79. The van der Waals surface area contributed by atoms with Crippen molar-refractivity contribution < 1.29 is 22.7 Å². The quantitative estimate of drug-likeness (QED) is 0.230. The second-order valence-electron chi connectivity index (χ2n) is 7.20. The van der Waals surface area contributed by atoms with Crippen LogP contribution in [0.1, 0.15) is 27.0 Å². The first-order valence-corrected chi connectivity index (χ1v) is 11.5. The van der Waals surface area contributed by atoms with Crippen LogP contribution in [0.25, 0.3) is 0 Å². The highest BCUT2D eigenvalue weighted by Crippen LogP contribution is 2.15. The van der Waals surface area contributed by atoms with Crippen molar-refractivity contribution in [3.05, 3.63) is 95.1 Å². The zero-order valence-corrected chi connectivity index (χ0v) is 18.9. The van der Waals surface area contributed by atoms with Gasteiger partial charge in [-0.05, 0) is 67.4 Å². The van der Waals surface area contributed by atoms with Gasteiger partial charge in [0.15, 0.2) is 0 Å². The summed E-state index contributed by atoms with van der Waals surface area (Å²) in [4.78, 5) is 24.2. The number of hydrogen-bond acceptors (Lipinski definition) is 6. The summed E-state index contributed by atoms with van der Waals surface area (Å²) in [6.07, 6.45) is 1.39. The number of ether oxygens (including phenoxy) is 1. The van der Waals surface area contributed by atoms with Gasteiger partial charge in [-0.25, -0.2) is 23.4 Å². The van der Waals surface area contributed by atoms with Gasteiger partial charge in [0.2, 0.25) is 10.0 Å². The van der Waals surface area contributed by atoms with Gasteiger partial charge in [0.1, 0.15) is 5.75 Å². The maximum atomic E-state index is 12.3. The molecule has 33 heavy (non-hydrogen) atoms. The third kappa shape index (κ3) is 6.83. The number of amides is 1. The number of esters is 1. The van der Waals surface area contributed by atoms with E-state index in [9.17, 15) is 18.0 Å². The molecule has 0 bridgehead atoms. The van der Waals surface area contributed by atoms with Crippen LogP contribution in [0.3, 0.4) is 0 Å². The smallest absolute Gasteiger partial charge is 0.343 e. The Morgan fingerprint density at radius 1 is 0.939 bits per heavy atom. The molecule has 0 atom stereocenters. The van der Waals surface area contributed by atoms with E-state index in [0.717, 1.165) is 11.1 Å². The molecule has 2 N–H and O–H groups in total. The third-order valence-corrected chi connectivity index (χ3v) is 6.03. The Balaban J connectivity index is 1.49. The van der Waals surface area contributed by atoms with Crippen molar-refractivity contribution in [3.8, 4) is 5.75 Å². The molecule has 9 heteroatoms. The molecule has 0 saturated carbocycles. The van der Waals surface area contributed by atoms with Crippen LogP contribution in [-0.4, -0.2) is 33.1 Å². The highest BCUT2D eigenvalue weighted by Gasteiger charge is 2.15. The van der Waals surface area contributed by atoms with Crippen molar-refractivity contribution in [2.24, 2.45) is 5.10 Å². The van der Waals surface area contributed by atoms with Gasteiger partial charge in [-0.1, -0.05) is 35.9 Å². The molecular formula is C24H23N3O5S. The molecule has 3 aromatic rings. The fourth-order valence-corrected chi connectivity index (χ4v) is 3.75. The predicted octanol–water partition coefficient (Wildman–Crippen LogP) is 2.95. The summed E-state index contributed by atoms with van der Waals surface area (Å²) < 4.78 is 32.0. The molecule has 1 amide bonds. The van der Waals surface area contributed by atoms with Gasteiger partial charge in [0, 0.05) is 0 Å². The van der Waals surface area contributed by atoms with Crippen LogP contribution in [0.15, 0.2) is 82.8 Å². The maximum absolute atomic E-state index is 12.3. The van der Waals surface area contributed by atoms with Crippen molar-refractivity contribution in [3.63, 3.8) is 0 Å². The van der Waals surface area contributed by atoms with Crippen molar-refractivity contribution in [2.75, 3.05) is 6.54 Å². The topological polar surface area (TPSA) is 114 Å². The molecule has 3 aromatic carbocycles. The molecule has 0 unspecified atom stereocenters. The Morgan fingerprint density at radius 3 is 2.27 bits per heavy atom. The van der Waals surface area contributed by atoms with E-state index in [1.54, 1.807) is 48.5 Å². The summed E-state index contributed by atoms with van der Waals surface area (Å²) in [5, 5.41) is 3.81. The van der Waals surface area contributed by atoms with Crippen molar-refractivity contribution in [1.29, 1.82) is 0 Å². The monoisotopic (exact) mass is 465 g/mol. The second-order valence-corrected chi connectivity index (χ2v) is 8.97. The van der Waals surface area contributed by atoms with Gasteiger partial charge in [-0.3, -0.25) is 4.79 Å². The standard InChI is InChI=1S/C24H23N3O5S/c1-17-7-13-21(14-8-17)33(30,31)26-16-23(28)27-25-15-19-9-11-20(12-10-19)32-24(29)22-6-4-3-5-18(22)2/h3-15,26H,16H2,1-2H3,(H,27,28)/b25-15+. The van der Waals surface area contributed by atoms with Crippen molar-refractivity contribution in [2.45, 2.75) is 18.7 Å².